The van der Waals surface area contributed by atoms with Gasteiger partial charge in [-0.2, -0.15) is 0 Å². The topological polar surface area (TPSA) is 0 Å². The third kappa shape index (κ3) is 9.70. The lowest BCUT2D eigenvalue weighted by Crippen LogP contribution is -2.20. The van der Waals surface area contributed by atoms with Gasteiger partial charge in [0.1, 0.15) is 9.67 Å². The van der Waals surface area contributed by atoms with Crippen LogP contribution in [-0.4, -0.2) is 28.7 Å². The predicted octanol–water partition coefficient (Wildman–Crippen LogP) is 4.35. The lowest BCUT2D eigenvalue weighted by Gasteiger charge is -2.04. The summed E-state index contributed by atoms with van der Waals surface area (Å²) in [6, 6.07) is 11.3. The van der Waals surface area contributed by atoms with Gasteiger partial charge in [0.05, 0.1) is 19.0 Å². The van der Waals surface area contributed by atoms with Gasteiger partial charge in [0.25, 0.3) is 0 Å². The number of halogens is 4. The van der Waals surface area contributed by atoms with Crippen LogP contribution in [0.1, 0.15) is 25.7 Å². The molecule has 0 N–H and O–H groups in total. The zero-order chi connectivity index (χ0) is 14.8. The summed E-state index contributed by atoms with van der Waals surface area (Å²) >= 11 is 22.9. The van der Waals surface area contributed by atoms with Crippen molar-refractivity contribution in [3.63, 3.8) is 0 Å². The van der Waals surface area contributed by atoms with Crippen molar-refractivity contribution in [3.05, 3.63) is 24.3 Å². The molecule has 0 amide bonds. The van der Waals surface area contributed by atoms with E-state index in [4.69, 9.17) is 46.4 Å². The fraction of sp³-hybridized carbons (Fsp3) is 0.571. The van der Waals surface area contributed by atoms with E-state index < -0.39 is 0 Å². The molecule has 0 unspecified atom stereocenters. The maximum absolute atomic E-state index is 5.71. The predicted molar refractivity (Wildman–Crippen MR) is 96.3 cm³/mol. The van der Waals surface area contributed by atoms with Crippen molar-refractivity contribution < 1.29 is 0 Å². The molecule has 0 heterocycles. The molecule has 1 aromatic rings. The van der Waals surface area contributed by atoms with E-state index in [9.17, 15) is 0 Å². The van der Waals surface area contributed by atoms with Gasteiger partial charge in [0.15, 0.2) is 0 Å². The molecular weight excluding hydrogens is 366 g/mol. The lowest BCUT2D eigenvalue weighted by molar-refractivity contribution is 0.855. The molecule has 1 rings (SSSR count). The van der Waals surface area contributed by atoms with Gasteiger partial charge in [-0.3, -0.25) is 0 Å². The van der Waals surface area contributed by atoms with Gasteiger partial charge in [0.2, 0.25) is 0 Å². The van der Waals surface area contributed by atoms with Crippen molar-refractivity contribution in [2.24, 2.45) is 0 Å². The third-order valence-electron chi connectivity index (χ3n) is 2.74. The van der Waals surface area contributed by atoms with E-state index in [-0.39, 0.29) is 9.67 Å². The van der Waals surface area contributed by atoms with E-state index in [0.29, 0.717) is 0 Å². The standard InChI is InChI=1S/C14H18Cl4Si2/c15-13(16)3-1-9-19-11-5-7-12(8-6-11)20-10-2-4-14(17)18/h5-8,13-14H,1-4,9-10H2. The van der Waals surface area contributed by atoms with Gasteiger partial charge in [-0.15, -0.1) is 46.4 Å². The number of benzene rings is 1. The van der Waals surface area contributed by atoms with E-state index >= 15 is 0 Å². The van der Waals surface area contributed by atoms with Crippen molar-refractivity contribution in [1.82, 2.24) is 0 Å². The molecule has 20 heavy (non-hydrogen) atoms. The van der Waals surface area contributed by atoms with E-state index in [1.165, 1.54) is 22.5 Å². The third-order valence-corrected chi connectivity index (χ3v) is 6.30. The quantitative estimate of drug-likeness (QED) is 0.320. The summed E-state index contributed by atoms with van der Waals surface area (Å²) in [5.41, 5.74) is 0. The molecule has 0 fully saturated rings. The molecule has 0 aliphatic rings. The van der Waals surface area contributed by atoms with Crippen LogP contribution in [0.5, 0.6) is 0 Å². The molecular formula is C14H18Cl4Si2. The smallest absolute Gasteiger partial charge is 0.105 e. The number of hydrogen-bond donors (Lipinski definition) is 0. The first kappa shape index (κ1) is 18.9. The Morgan fingerprint density at radius 3 is 1.35 bits per heavy atom. The van der Waals surface area contributed by atoms with E-state index in [1.807, 2.05) is 0 Å². The number of alkyl halides is 4. The first-order valence-corrected chi connectivity index (χ1v) is 10.9. The highest BCUT2D eigenvalue weighted by Gasteiger charge is 2.02. The zero-order valence-electron chi connectivity index (χ0n) is 11.2. The van der Waals surface area contributed by atoms with Crippen molar-refractivity contribution in [2.45, 2.75) is 47.4 Å². The molecule has 110 valence electrons. The number of rotatable bonds is 10. The summed E-state index contributed by atoms with van der Waals surface area (Å²) in [5, 5.41) is 2.83. The summed E-state index contributed by atoms with van der Waals surface area (Å²) in [5.74, 6) is 0. The molecule has 0 spiro atoms. The van der Waals surface area contributed by atoms with E-state index in [1.54, 1.807) is 0 Å². The van der Waals surface area contributed by atoms with E-state index in [2.05, 4.69) is 24.3 Å². The van der Waals surface area contributed by atoms with Crippen molar-refractivity contribution in [3.8, 4) is 0 Å². The molecule has 0 aliphatic carbocycles. The minimum absolute atomic E-state index is 0.219. The average molecular weight is 384 g/mol. The SMILES string of the molecule is ClC(Cl)CCC[Si]c1ccc([Si]CCCC(Cl)Cl)cc1. The summed E-state index contributed by atoms with van der Waals surface area (Å²) in [7, 11) is 1.70. The summed E-state index contributed by atoms with van der Waals surface area (Å²) < 4.78 is 0. The molecule has 0 saturated carbocycles. The van der Waals surface area contributed by atoms with Crippen LogP contribution in [0.2, 0.25) is 12.1 Å². The monoisotopic (exact) mass is 382 g/mol. The molecule has 4 radical (unpaired) electrons. The summed E-state index contributed by atoms with van der Waals surface area (Å²) in [6.07, 6.45) is 3.96. The Balaban J connectivity index is 2.19. The summed E-state index contributed by atoms with van der Waals surface area (Å²) in [4.78, 5) is -0.437. The second kappa shape index (κ2) is 11.4. The summed E-state index contributed by atoms with van der Waals surface area (Å²) in [6.45, 7) is 0. The molecule has 0 nitrogen and oxygen atoms in total. The van der Waals surface area contributed by atoms with Crippen molar-refractivity contribution in [1.29, 1.82) is 0 Å². The molecule has 0 bridgehead atoms. The molecule has 0 aliphatic heterocycles. The first-order valence-electron chi connectivity index (χ1n) is 6.72. The maximum atomic E-state index is 5.71. The molecule has 0 aromatic heterocycles. The van der Waals surface area contributed by atoms with Gasteiger partial charge in [-0.25, -0.2) is 0 Å². The Kier molecular flexibility index (Phi) is 10.7. The van der Waals surface area contributed by atoms with Gasteiger partial charge in [-0.1, -0.05) is 59.6 Å². The molecule has 0 saturated heterocycles. The van der Waals surface area contributed by atoms with Gasteiger partial charge in [0, 0.05) is 0 Å². The number of hydrogen-bond acceptors (Lipinski definition) is 0. The molecule has 0 atom stereocenters. The second-order valence-electron chi connectivity index (χ2n) is 4.50. The maximum Gasteiger partial charge on any atom is 0.107 e. The molecule has 1 aromatic carbocycles. The zero-order valence-corrected chi connectivity index (χ0v) is 16.2. The minimum atomic E-state index is -0.219. The van der Waals surface area contributed by atoms with Gasteiger partial charge in [-0.05, 0) is 12.8 Å². The van der Waals surface area contributed by atoms with E-state index in [0.717, 1.165) is 44.7 Å². The fourth-order valence-corrected chi connectivity index (χ4v) is 4.45. The van der Waals surface area contributed by atoms with Crippen LogP contribution in [0.25, 0.3) is 0 Å². The normalized spacial score (nSPS) is 11.5. The second-order valence-corrected chi connectivity index (χ2v) is 9.91. The Hall–Kier alpha value is 0.814. The highest BCUT2D eigenvalue weighted by Crippen LogP contribution is 2.11. The van der Waals surface area contributed by atoms with Gasteiger partial charge >= 0.3 is 0 Å². The van der Waals surface area contributed by atoms with Crippen LogP contribution >= 0.6 is 46.4 Å². The first-order chi connectivity index (χ1) is 9.58. The van der Waals surface area contributed by atoms with Crippen LogP contribution in [-0.2, 0) is 0 Å². The van der Waals surface area contributed by atoms with Gasteiger partial charge < -0.3 is 0 Å². The minimum Gasteiger partial charge on any atom is -0.105 e. The van der Waals surface area contributed by atoms with Crippen molar-refractivity contribution >= 4 is 75.8 Å². The lowest BCUT2D eigenvalue weighted by atomic mass is 10.4. The van der Waals surface area contributed by atoms with Crippen molar-refractivity contribution in [2.75, 3.05) is 0 Å². The fourth-order valence-electron chi connectivity index (χ4n) is 1.68. The van der Waals surface area contributed by atoms with Crippen LogP contribution in [0, 0.1) is 0 Å². The highest BCUT2D eigenvalue weighted by molar-refractivity contribution is 6.55. The Bertz CT molecular complexity index is 320. The Morgan fingerprint density at radius 1 is 0.700 bits per heavy atom. The molecule has 6 heteroatoms. The van der Waals surface area contributed by atoms with Crippen LogP contribution in [0.3, 0.4) is 0 Å². The largest absolute Gasteiger partial charge is 0.107 e. The average Bonchev–Trinajstić information content (AvgIpc) is 2.41. The Morgan fingerprint density at radius 2 is 1.05 bits per heavy atom. The van der Waals surface area contributed by atoms with Crippen LogP contribution < -0.4 is 10.4 Å². The van der Waals surface area contributed by atoms with Crippen LogP contribution in [0.4, 0.5) is 0 Å². The van der Waals surface area contributed by atoms with Crippen LogP contribution in [0.15, 0.2) is 24.3 Å². The highest BCUT2D eigenvalue weighted by atomic mass is 35.5. The Labute approximate surface area is 147 Å².